The molecule has 1 rings (SSSR count). The zero-order chi connectivity index (χ0) is 8.48. The molecule has 0 N–H and O–H groups in total. The summed E-state index contributed by atoms with van der Waals surface area (Å²) < 4.78 is 5.17. The van der Waals surface area contributed by atoms with Crippen molar-refractivity contribution in [1.29, 1.82) is 0 Å². The Bertz CT molecular complexity index is 204. The van der Waals surface area contributed by atoms with Gasteiger partial charge in [-0.15, -0.1) is 0 Å². The van der Waals surface area contributed by atoms with Gasteiger partial charge >= 0.3 is 0 Å². The highest BCUT2D eigenvalue weighted by molar-refractivity contribution is 7.80. The van der Waals surface area contributed by atoms with Gasteiger partial charge in [-0.25, -0.2) is 0 Å². The Morgan fingerprint density at radius 1 is 1.45 bits per heavy atom. The van der Waals surface area contributed by atoms with Crippen molar-refractivity contribution < 1.29 is 4.74 Å². The van der Waals surface area contributed by atoms with Crippen LogP contribution in [0.25, 0.3) is 0 Å². The van der Waals surface area contributed by atoms with E-state index in [1.54, 1.807) is 7.11 Å². The predicted octanol–water partition coefficient (Wildman–Crippen LogP) is 2.71. The Kier molecular flexibility index (Phi) is 2.33. The zero-order valence-electron chi connectivity index (χ0n) is 7.31. The molecule has 0 heterocycles. The third kappa shape index (κ3) is 2.29. The molecule has 0 bridgehead atoms. The monoisotopic (exact) mass is 170 g/mol. The molecule has 0 aromatic rings. The molecule has 0 fully saturated rings. The minimum Gasteiger partial charge on any atom is -0.501 e. The van der Waals surface area contributed by atoms with Crippen LogP contribution in [0.2, 0.25) is 0 Å². The van der Waals surface area contributed by atoms with Gasteiger partial charge in [-0.05, 0) is 17.9 Å². The van der Waals surface area contributed by atoms with Gasteiger partial charge in [0.05, 0.1) is 12.9 Å². The van der Waals surface area contributed by atoms with Gasteiger partial charge in [-0.3, -0.25) is 0 Å². The summed E-state index contributed by atoms with van der Waals surface area (Å²) >= 11 is 5.14. The average Bonchev–Trinajstić information content (AvgIpc) is 1.83. The summed E-state index contributed by atoms with van der Waals surface area (Å²) in [6, 6.07) is 0. The van der Waals surface area contributed by atoms with E-state index in [2.05, 4.69) is 13.8 Å². The molecule has 2 heteroatoms. The predicted molar refractivity (Wildman–Crippen MR) is 50.7 cm³/mol. The molecule has 0 unspecified atom stereocenters. The van der Waals surface area contributed by atoms with Crippen LogP contribution >= 0.6 is 12.2 Å². The average molecular weight is 170 g/mol. The number of ether oxygens (including phenoxy) is 1. The molecule has 0 aromatic carbocycles. The van der Waals surface area contributed by atoms with Crippen molar-refractivity contribution in [3.63, 3.8) is 0 Å². The van der Waals surface area contributed by atoms with Gasteiger partial charge in [0.2, 0.25) is 0 Å². The molecule has 0 atom stereocenters. The largest absolute Gasteiger partial charge is 0.501 e. The van der Waals surface area contributed by atoms with Crippen molar-refractivity contribution in [1.82, 2.24) is 0 Å². The van der Waals surface area contributed by atoms with Crippen LogP contribution in [0.1, 0.15) is 26.7 Å². The summed E-state index contributed by atoms with van der Waals surface area (Å²) in [5.41, 5.74) is 0.289. The molecule has 0 saturated carbocycles. The zero-order valence-corrected chi connectivity index (χ0v) is 8.12. The summed E-state index contributed by atoms with van der Waals surface area (Å²) in [7, 11) is 1.70. The fourth-order valence-electron chi connectivity index (χ4n) is 1.42. The molecule has 0 aromatic heterocycles. The molecule has 0 spiro atoms. The first-order valence-corrected chi connectivity index (χ1v) is 4.22. The number of allylic oxidation sites excluding steroid dienone is 2. The number of hydrogen-bond acceptors (Lipinski definition) is 2. The minimum absolute atomic E-state index is 0.289. The van der Waals surface area contributed by atoms with Crippen LogP contribution < -0.4 is 0 Å². The van der Waals surface area contributed by atoms with E-state index in [-0.39, 0.29) is 5.41 Å². The first-order chi connectivity index (χ1) is 5.03. The van der Waals surface area contributed by atoms with E-state index in [1.165, 1.54) is 0 Å². The molecule has 1 aliphatic carbocycles. The highest BCUT2D eigenvalue weighted by atomic mass is 32.1. The quantitative estimate of drug-likeness (QED) is 0.560. The number of thiocarbonyl (C=S) groups is 1. The number of hydrogen-bond donors (Lipinski definition) is 0. The van der Waals surface area contributed by atoms with Crippen LogP contribution in [0.5, 0.6) is 0 Å². The minimum atomic E-state index is 0.289. The third-order valence-corrected chi connectivity index (χ3v) is 2.15. The summed E-state index contributed by atoms with van der Waals surface area (Å²) in [4.78, 5) is 1.01. The van der Waals surface area contributed by atoms with Gasteiger partial charge in [-0.1, -0.05) is 26.1 Å². The maximum Gasteiger partial charge on any atom is 0.0971 e. The van der Waals surface area contributed by atoms with E-state index >= 15 is 0 Å². The van der Waals surface area contributed by atoms with Gasteiger partial charge in [0, 0.05) is 11.3 Å². The van der Waals surface area contributed by atoms with Crippen LogP contribution in [-0.4, -0.2) is 12.0 Å². The molecule has 62 valence electrons. The normalized spacial score (nSPS) is 22.8. The Morgan fingerprint density at radius 2 is 2.09 bits per heavy atom. The van der Waals surface area contributed by atoms with E-state index < -0.39 is 0 Å². The fraction of sp³-hybridized carbons (Fsp3) is 0.667. The van der Waals surface area contributed by atoms with Crippen molar-refractivity contribution in [3.05, 3.63) is 11.8 Å². The van der Waals surface area contributed by atoms with Gasteiger partial charge in [0.25, 0.3) is 0 Å². The molecule has 0 radical (unpaired) electrons. The van der Waals surface area contributed by atoms with Crippen LogP contribution in [0.3, 0.4) is 0 Å². The molecular weight excluding hydrogens is 156 g/mol. The van der Waals surface area contributed by atoms with E-state index in [1.807, 2.05) is 6.08 Å². The topological polar surface area (TPSA) is 9.23 Å². The van der Waals surface area contributed by atoms with E-state index in [0.717, 1.165) is 23.5 Å². The fourth-order valence-corrected chi connectivity index (χ4v) is 1.94. The highest BCUT2D eigenvalue weighted by Crippen LogP contribution is 2.34. The summed E-state index contributed by atoms with van der Waals surface area (Å²) in [6.07, 6.45) is 3.99. The van der Waals surface area contributed by atoms with E-state index in [0.29, 0.717) is 0 Å². The van der Waals surface area contributed by atoms with Crippen molar-refractivity contribution >= 4 is 17.1 Å². The number of rotatable bonds is 1. The van der Waals surface area contributed by atoms with Crippen molar-refractivity contribution in [2.24, 2.45) is 5.41 Å². The maximum atomic E-state index is 5.17. The molecular formula is C9H14OS. The second-order valence-electron chi connectivity index (χ2n) is 3.80. The van der Waals surface area contributed by atoms with Gasteiger partial charge < -0.3 is 4.74 Å². The van der Waals surface area contributed by atoms with E-state index in [9.17, 15) is 0 Å². The molecule has 1 aliphatic rings. The molecule has 0 saturated heterocycles. The summed E-state index contributed by atoms with van der Waals surface area (Å²) in [5.74, 6) is 1.02. The molecule has 11 heavy (non-hydrogen) atoms. The Labute approximate surface area is 73.4 Å². The maximum absolute atomic E-state index is 5.17. The number of methoxy groups -OCH3 is 1. The van der Waals surface area contributed by atoms with Crippen molar-refractivity contribution in [2.75, 3.05) is 7.11 Å². The van der Waals surface area contributed by atoms with Crippen LogP contribution in [0, 0.1) is 5.41 Å². The molecule has 0 amide bonds. The lowest BCUT2D eigenvalue weighted by atomic mass is 9.80. The van der Waals surface area contributed by atoms with E-state index in [4.69, 9.17) is 17.0 Å². The third-order valence-electron chi connectivity index (χ3n) is 1.89. The smallest absolute Gasteiger partial charge is 0.0971 e. The first-order valence-electron chi connectivity index (χ1n) is 3.81. The van der Waals surface area contributed by atoms with Crippen molar-refractivity contribution in [2.45, 2.75) is 26.7 Å². The van der Waals surface area contributed by atoms with Gasteiger partial charge in [0.1, 0.15) is 0 Å². The van der Waals surface area contributed by atoms with Crippen molar-refractivity contribution in [3.8, 4) is 0 Å². The first kappa shape index (κ1) is 8.72. The van der Waals surface area contributed by atoms with Crippen LogP contribution in [0.4, 0.5) is 0 Å². The lowest BCUT2D eigenvalue weighted by Crippen LogP contribution is -2.21. The lowest BCUT2D eigenvalue weighted by molar-refractivity contribution is 0.226. The molecule has 0 aliphatic heterocycles. The Balaban J connectivity index is 2.78. The summed E-state index contributed by atoms with van der Waals surface area (Å²) in [6.45, 7) is 4.43. The second kappa shape index (κ2) is 2.94. The lowest BCUT2D eigenvalue weighted by Gasteiger charge is -2.29. The van der Waals surface area contributed by atoms with Gasteiger partial charge in [-0.2, -0.15) is 0 Å². The van der Waals surface area contributed by atoms with Crippen LogP contribution in [-0.2, 0) is 4.74 Å². The SMILES string of the molecule is COC1=CC(=S)CC(C)(C)C1. The van der Waals surface area contributed by atoms with Crippen LogP contribution in [0.15, 0.2) is 11.8 Å². The summed E-state index contributed by atoms with van der Waals surface area (Å²) in [5, 5.41) is 0. The second-order valence-corrected chi connectivity index (χ2v) is 4.32. The Morgan fingerprint density at radius 3 is 2.55 bits per heavy atom. The Hall–Kier alpha value is -0.370. The standard InChI is InChI=1S/C9H14OS/c1-9(2)5-7(10-3)4-8(11)6-9/h4H,5-6H2,1-3H3. The van der Waals surface area contributed by atoms with Gasteiger partial charge in [0.15, 0.2) is 0 Å². The molecule has 1 nitrogen and oxygen atoms in total. The highest BCUT2D eigenvalue weighted by Gasteiger charge is 2.25.